The van der Waals surface area contributed by atoms with Gasteiger partial charge in [0.2, 0.25) is 0 Å². The fraction of sp³-hybridized carbons (Fsp3) is 0.111. The van der Waals surface area contributed by atoms with Crippen LogP contribution in [0.1, 0.15) is 11.4 Å². The summed E-state index contributed by atoms with van der Waals surface area (Å²) in [5.74, 6) is 0.832. The van der Waals surface area contributed by atoms with Crippen LogP contribution in [-0.4, -0.2) is 25.1 Å². The van der Waals surface area contributed by atoms with Crippen molar-refractivity contribution in [3.05, 3.63) is 40.1 Å². The molecule has 9 heteroatoms. The van der Waals surface area contributed by atoms with Gasteiger partial charge in [-0.3, -0.25) is 15.2 Å². The third-order valence-corrected chi connectivity index (χ3v) is 2.09. The number of rotatable bonds is 4. The molecule has 0 saturated heterocycles. The molecule has 0 aliphatic rings. The Morgan fingerprint density at radius 2 is 2.39 bits per heavy atom. The number of pyridine rings is 1. The van der Waals surface area contributed by atoms with Crippen molar-refractivity contribution in [2.24, 2.45) is 0 Å². The van der Waals surface area contributed by atoms with Crippen molar-refractivity contribution in [1.29, 1.82) is 5.26 Å². The Hall–Kier alpha value is -3.02. The minimum absolute atomic E-state index is 0.101. The van der Waals surface area contributed by atoms with Gasteiger partial charge in [-0.1, -0.05) is 0 Å². The van der Waals surface area contributed by atoms with Gasteiger partial charge in [0.1, 0.15) is 35.8 Å². The quantitative estimate of drug-likeness (QED) is 0.594. The molecule has 0 unspecified atom stereocenters. The summed E-state index contributed by atoms with van der Waals surface area (Å²) < 4.78 is 0. The lowest BCUT2D eigenvalue weighted by Crippen LogP contribution is -2.05. The molecule has 18 heavy (non-hydrogen) atoms. The number of nitro groups is 1. The number of nitrogens with zero attached hydrogens (tertiary/aromatic N) is 5. The summed E-state index contributed by atoms with van der Waals surface area (Å²) in [6.07, 6.45) is 2.44. The maximum atomic E-state index is 10.5. The number of aromatic nitrogens is 4. The van der Waals surface area contributed by atoms with Gasteiger partial charge in [0, 0.05) is 6.07 Å². The van der Waals surface area contributed by atoms with Crippen molar-refractivity contribution in [2.75, 3.05) is 5.32 Å². The first kappa shape index (κ1) is 11.5. The largest absolute Gasteiger partial charge is 0.362 e. The monoisotopic (exact) mass is 245 g/mol. The van der Waals surface area contributed by atoms with Crippen molar-refractivity contribution in [1.82, 2.24) is 20.2 Å². The molecule has 0 fully saturated rings. The van der Waals surface area contributed by atoms with E-state index in [9.17, 15) is 10.1 Å². The molecule has 2 aromatic rings. The smallest absolute Gasteiger partial charge is 0.289 e. The highest BCUT2D eigenvalue weighted by Gasteiger charge is 2.12. The molecule has 2 rings (SSSR count). The van der Waals surface area contributed by atoms with Crippen LogP contribution in [0.4, 0.5) is 11.5 Å². The Balaban J connectivity index is 2.18. The minimum atomic E-state index is -0.603. The highest BCUT2D eigenvalue weighted by molar-refractivity contribution is 5.55. The number of hydrogen-bond acceptors (Lipinski definition) is 7. The molecule has 0 radical (unpaired) electrons. The van der Waals surface area contributed by atoms with Gasteiger partial charge in [0.25, 0.3) is 5.69 Å². The topological polar surface area (TPSA) is 133 Å². The normalized spacial score (nSPS) is 9.72. The number of hydrogen-bond donors (Lipinski definition) is 2. The molecular formula is C9H7N7O2. The molecule has 2 N–H and O–H groups in total. The van der Waals surface area contributed by atoms with Gasteiger partial charge in [0.05, 0.1) is 11.5 Å². The number of nitriles is 1. The summed E-state index contributed by atoms with van der Waals surface area (Å²) in [5.41, 5.74) is -0.125. The molecule has 2 heterocycles. The van der Waals surface area contributed by atoms with Gasteiger partial charge in [0.15, 0.2) is 0 Å². The lowest BCUT2D eigenvalue weighted by Gasteiger charge is -2.04. The van der Waals surface area contributed by atoms with Gasteiger partial charge >= 0.3 is 0 Å². The standard InChI is InChI=1S/C9H7N7O2/c10-2-6-1-7(16(17)18)3-11-9(6)12-4-8-13-5-14-15-8/h1,3,5H,4H2,(H,11,12)(H,13,14,15). The van der Waals surface area contributed by atoms with E-state index in [0.717, 1.165) is 12.3 Å². The van der Waals surface area contributed by atoms with Crippen molar-refractivity contribution >= 4 is 11.5 Å². The maximum absolute atomic E-state index is 10.5. The van der Waals surface area contributed by atoms with Crippen LogP contribution in [0, 0.1) is 21.4 Å². The maximum Gasteiger partial charge on any atom is 0.289 e. The zero-order valence-corrected chi connectivity index (χ0v) is 8.99. The zero-order valence-electron chi connectivity index (χ0n) is 8.99. The third-order valence-electron chi connectivity index (χ3n) is 2.09. The van der Waals surface area contributed by atoms with E-state index in [0.29, 0.717) is 12.4 Å². The fourth-order valence-corrected chi connectivity index (χ4v) is 1.26. The highest BCUT2D eigenvalue weighted by Crippen LogP contribution is 2.18. The Morgan fingerprint density at radius 1 is 1.56 bits per heavy atom. The van der Waals surface area contributed by atoms with Crippen LogP contribution < -0.4 is 5.32 Å². The predicted octanol–water partition coefficient (Wildman–Crippen LogP) is 0.592. The van der Waals surface area contributed by atoms with Gasteiger partial charge < -0.3 is 5.32 Å². The summed E-state index contributed by atoms with van der Waals surface area (Å²) in [6, 6.07) is 3.01. The molecule has 0 aromatic carbocycles. The number of aromatic amines is 1. The van der Waals surface area contributed by atoms with Gasteiger partial charge in [-0.2, -0.15) is 10.4 Å². The van der Waals surface area contributed by atoms with E-state index in [1.54, 1.807) is 0 Å². The third kappa shape index (κ3) is 2.38. The summed E-state index contributed by atoms with van der Waals surface area (Å²) in [4.78, 5) is 17.7. The van der Waals surface area contributed by atoms with Crippen LogP contribution in [0.2, 0.25) is 0 Å². The molecule has 2 aromatic heterocycles. The molecule has 0 aliphatic carbocycles. The molecule has 0 bridgehead atoms. The number of H-pyrrole nitrogens is 1. The molecule has 90 valence electrons. The van der Waals surface area contributed by atoms with Gasteiger partial charge in [-0.25, -0.2) is 9.97 Å². The molecule has 9 nitrogen and oxygen atoms in total. The lowest BCUT2D eigenvalue weighted by atomic mass is 10.2. The lowest BCUT2D eigenvalue weighted by molar-refractivity contribution is -0.385. The summed E-state index contributed by atoms with van der Waals surface area (Å²) in [6.45, 7) is 0.291. The van der Waals surface area contributed by atoms with Crippen LogP contribution in [0.25, 0.3) is 0 Å². The van der Waals surface area contributed by atoms with Crippen LogP contribution in [0.5, 0.6) is 0 Å². The molecule has 0 atom stereocenters. The first-order valence-electron chi connectivity index (χ1n) is 4.83. The van der Waals surface area contributed by atoms with Crippen molar-refractivity contribution < 1.29 is 4.92 Å². The van der Waals surface area contributed by atoms with Crippen molar-refractivity contribution in [2.45, 2.75) is 6.54 Å². The second-order valence-corrected chi connectivity index (χ2v) is 3.24. The first-order chi connectivity index (χ1) is 8.70. The first-order valence-corrected chi connectivity index (χ1v) is 4.83. The number of nitrogens with one attached hydrogen (secondary N) is 2. The van der Waals surface area contributed by atoms with E-state index in [1.165, 1.54) is 6.33 Å². The fourth-order valence-electron chi connectivity index (χ4n) is 1.26. The van der Waals surface area contributed by atoms with Crippen molar-refractivity contribution in [3.8, 4) is 6.07 Å². The van der Waals surface area contributed by atoms with E-state index in [4.69, 9.17) is 5.26 Å². The van der Waals surface area contributed by atoms with Crippen LogP contribution in [0.3, 0.4) is 0 Å². The zero-order chi connectivity index (χ0) is 13.0. The molecule has 0 aliphatic heterocycles. The Labute approximate surface area is 101 Å². The van der Waals surface area contributed by atoms with Gasteiger partial charge in [-0.05, 0) is 0 Å². The Bertz CT molecular complexity index is 602. The minimum Gasteiger partial charge on any atom is -0.362 e. The SMILES string of the molecule is N#Cc1cc([N+](=O)[O-])cnc1NCc1ncn[nH]1. The van der Waals surface area contributed by atoms with Crippen LogP contribution in [-0.2, 0) is 6.54 Å². The predicted molar refractivity (Wildman–Crippen MR) is 59.3 cm³/mol. The van der Waals surface area contributed by atoms with E-state index < -0.39 is 4.92 Å². The molecular weight excluding hydrogens is 238 g/mol. The Morgan fingerprint density at radius 3 is 3.00 bits per heavy atom. The van der Waals surface area contributed by atoms with E-state index in [2.05, 4.69) is 25.5 Å². The summed E-state index contributed by atoms with van der Waals surface area (Å²) in [7, 11) is 0. The molecule has 0 spiro atoms. The molecule has 0 saturated carbocycles. The van der Waals surface area contributed by atoms with E-state index in [-0.39, 0.29) is 17.1 Å². The molecule has 0 amide bonds. The second-order valence-electron chi connectivity index (χ2n) is 3.24. The second kappa shape index (κ2) is 4.88. The van der Waals surface area contributed by atoms with E-state index in [1.807, 2.05) is 6.07 Å². The average molecular weight is 245 g/mol. The highest BCUT2D eigenvalue weighted by atomic mass is 16.6. The van der Waals surface area contributed by atoms with E-state index >= 15 is 0 Å². The number of anilines is 1. The average Bonchev–Trinajstić information content (AvgIpc) is 2.89. The van der Waals surface area contributed by atoms with Crippen LogP contribution in [0.15, 0.2) is 18.6 Å². The Kier molecular flexibility index (Phi) is 3.11. The van der Waals surface area contributed by atoms with Crippen molar-refractivity contribution in [3.63, 3.8) is 0 Å². The summed E-state index contributed by atoms with van der Waals surface area (Å²) in [5, 5.41) is 28.6. The van der Waals surface area contributed by atoms with Gasteiger partial charge in [-0.15, -0.1) is 0 Å². The summed E-state index contributed by atoms with van der Waals surface area (Å²) >= 11 is 0. The van der Waals surface area contributed by atoms with Crippen LogP contribution >= 0.6 is 0 Å².